The molecule has 0 saturated carbocycles. The summed E-state index contributed by atoms with van der Waals surface area (Å²) in [5.41, 5.74) is -2.43. The highest BCUT2D eigenvalue weighted by molar-refractivity contribution is 5.84. The van der Waals surface area contributed by atoms with E-state index in [9.17, 15) is 14.8 Å². The molecule has 7 heteroatoms. The topological polar surface area (TPSA) is 90.6 Å². The van der Waals surface area contributed by atoms with Gasteiger partial charge >= 0.3 is 6.09 Å². The van der Waals surface area contributed by atoms with Gasteiger partial charge in [-0.15, -0.1) is 10.3 Å². The van der Waals surface area contributed by atoms with Crippen LogP contribution in [0.25, 0.3) is 0 Å². The molecule has 2 N–H and O–H groups in total. The number of rotatable bonds is 7. The van der Waals surface area contributed by atoms with Gasteiger partial charge in [0.15, 0.2) is 0 Å². The number of amides is 2. The average molecular weight is 453 g/mol. The molecule has 1 atom stereocenters. The summed E-state index contributed by atoms with van der Waals surface area (Å²) >= 11 is 0. The van der Waals surface area contributed by atoms with Crippen molar-refractivity contribution in [3.05, 3.63) is 12.2 Å². The minimum atomic E-state index is -0.770. The molecule has 0 spiro atoms. The first-order valence-corrected chi connectivity index (χ1v) is 11.7. The lowest BCUT2D eigenvalue weighted by Gasteiger charge is -2.50. The van der Waals surface area contributed by atoms with Gasteiger partial charge in [0.25, 0.3) is 0 Å². The van der Waals surface area contributed by atoms with E-state index >= 15 is 0 Å². The van der Waals surface area contributed by atoms with Gasteiger partial charge < -0.3 is 15.4 Å². The molecule has 0 unspecified atom stereocenters. The van der Waals surface area contributed by atoms with Crippen LogP contribution in [0.15, 0.2) is 12.2 Å². The number of piperidine rings is 1. The summed E-state index contributed by atoms with van der Waals surface area (Å²) < 4.78 is 5.38. The van der Waals surface area contributed by atoms with E-state index in [0.717, 1.165) is 11.5 Å². The second-order valence-electron chi connectivity index (χ2n) is 12.5. The van der Waals surface area contributed by atoms with Crippen LogP contribution >= 0.6 is 0 Å². The Morgan fingerprint density at radius 1 is 1.06 bits per heavy atom. The fraction of sp³-hybridized carbons (Fsp3) is 0.840. The first-order valence-electron chi connectivity index (χ1n) is 11.7. The molecule has 185 valence electrons. The van der Waals surface area contributed by atoms with Gasteiger partial charge in [-0.1, -0.05) is 26.0 Å². The lowest BCUT2D eigenvalue weighted by molar-refractivity contribution is -0.290. The molecule has 0 aromatic carbocycles. The first kappa shape index (κ1) is 28.4. The number of carbonyl (C=O) groups excluding carboxylic acids is 2. The van der Waals surface area contributed by atoms with Gasteiger partial charge in [0.05, 0.1) is 11.5 Å². The molecular formula is C25H46N3O4. The standard InChI is InChI=1S/C25H46N3O4/c1-17(2)14-18(27-21(30)32-22(3,4)5)12-13-23(6,7)20(29)26-19-15-24(8,9)28(31)25(10,11)16-19/h12-13,17-19H,14-16H2,1-11H3,(H,26,29)(H,27,30)/b13-12+/t18-/m0/s1. The zero-order chi connectivity index (χ0) is 25.1. The Bertz CT molecular complexity index is 672. The molecule has 0 aromatic heterocycles. The number of hydrogen-bond acceptors (Lipinski definition) is 4. The molecular weight excluding hydrogens is 406 g/mol. The molecule has 0 aromatic rings. The van der Waals surface area contributed by atoms with Crippen LogP contribution < -0.4 is 10.6 Å². The summed E-state index contributed by atoms with van der Waals surface area (Å²) in [5.74, 6) is 0.267. The van der Waals surface area contributed by atoms with E-state index in [1.165, 1.54) is 0 Å². The van der Waals surface area contributed by atoms with Crippen LogP contribution in [0.2, 0.25) is 0 Å². The van der Waals surface area contributed by atoms with Gasteiger partial charge in [-0.3, -0.25) is 4.79 Å². The number of hydrogen-bond donors (Lipinski definition) is 2. The van der Waals surface area contributed by atoms with Crippen molar-refractivity contribution in [3.8, 4) is 0 Å². The van der Waals surface area contributed by atoms with Crippen molar-refractivity contribution < 1.29 is 19.5 Å². The monoisotopic (exact) mass is 452 g/mol. The lowest BCUT2D eigenvalue weighted by atomic mass is 9.78. The number of carbonyl (C=O) groups is 2. The van der Waals surface area contributed by atoms with Crippen molar-refractivity contribution in [1.82, 2.24) is 15.7 Å². The number of nitrogens with one attached hydrogen (secondary N) is 2. The van der Waals surface area contributed by atoms with E-state index in [1.54, 1.807) is 0 Å². The van der Waals surface area contributed by atoms with Gasteiger partial charge in [-0.05, 0) is 87.5 Å². The van der Waals surface area contributed by atoms with E-state index in [4.69, 9.17) is 4.74 Å². The zero-order valence-electron chi connectivity index (χ0n) is 22.1. The lowest BCUT2D eigenvalue weighted by Crippen LogP contribution is -2.62. The molecule has 2 amide bonds. The Hall–Kier alpha value is -1.60. The summed E-state index contributed by atoms with van der Waals surface area (Å²) in [5, 5.41) is 19.8. The van der Waals surface area contributed by atoms with Crippen LogP contribution in [0.4, 0.5) is 4.79 Å². The molecule has 0 aliphatic carbocycles. The quantitative estimate of drug-likeness (QED) is 0.532. The second-order valence-corrected chi connectivity index (χ2v) is 12.5. The summed E-state index contributed by atoms with van der Waals surface area (Å²) in [7, 11) is 0. The number of nitrogens with zero attached hydrogens (tertiary/aromatic N) is 1. The van der Waals surface area contributed by atoms with Crippen molar-refractivity contribution in [2.45, 2.75) is 124 Å². The van der Waals surface area contributed by atoms with Crippen LogP contribution in [0.1, 0.15) is 95.4 Å². The van der Waals surface area contributed by atoms with E-state index in [2.05, 4.69) is 24.5 Å². The fourth-order valence-corrected chi connectivity index (χ4v) is 4.32. The van der Waals surface area contributed by atoms with Crippen LogP contribution in [-0.4, -0.2) is 45.8 Å². The third kappa shape index (κ3) is 8.74. The Morgan fingerprint density at radius 3 is 2.00 bits per heavy atom. The molecule has 1 rings (SSSR count). The van der Waals surface area contributed by atoms with Gasteiger partial charge in [-0.2, -0.15) is 0 Å². The average Bonchev–Trinajstić information content (AvgIpc) is 2.54. The maximum atomic E-state index is 13.1. The third-order valence-electron chi connectivity index (χ3n) is 5.68. The third-order valence-corrected chi connectivity index (χ3v) is 5.68. The predicted octanol–water partition coefficient (Wildman–Crippen LogP) is 4.99. The molecule has 0 bridgehead atoms. The maximum Gasteiger partial charge on any atom is 0.408 e. The molecule has 1 saturated heterocycles. The summed E-state index contributed by atoms with van der Waals surface area (Å²) in [4.78, 5) is 25.4. The number of hydroxylamine groups is 2. The van der Waals surface area contributed by atoms with Gasteiger partial charge in [0.2, 0.25) is 5.91 Å². The van der Waals surface area contributed by atoms with Crippen molar-refractivity contribution in [2.24, 2.45) is 11.3 Å². The van der Waals surface area contributed by atoms with E-state index in [-0.39, 0.29) is 18.0 Å². The van der Waals surface area contributed by atoms with E-state index < -0.39 is 28.2 Å². The van der Waals surface area contributed by atoms with Gasteiger partial charge in [0.1, 0.15) is 5.60 Å². The Balaban J connectivity index is 2.88. The molecule has 7 nitrogen and oxygen atoms in total. The first-order chi connectivity index (χ1) is 14.2. The molecule has 1 fully saturated rings. The predicted molar refractivity (Wildman–Crippen MR) is 127 cm³/mol. The van der Waals surface area contributed by atoms with Crippen molar-refractivity contribution in [2.75, 3.05) is 0 Å². The van der Waals surface area contributed by atoms with Gasteiger partial charge in [0, 0.05) is 17.1 Å². The number of alkyl carbamates (subject to hydrolysis) is 1. The zero-order valence-corrected chi connectivity index (χ0v) is 22.1. The summed E-state index contributed by atoms with van der Waals surface area (Å²) in [6.45, 7) is 21.0. The molecule has 1 aliphatic heterocycles. The van der Waals surface area contributed by atoms with Crippen molar-refractivity contribution in [1.29, 1.82) is 0 Å². The van der Waals surface area contributed by atoms with Crippen molar-refractivity contribution >= 4 is 12.0 Å². The van der Waals surface area contributed by atoms with Crippen LogP contribution in [0, 0.1) is 11.3 Å². The fourth-order valence-electron chi connectivity index (χ4n) is 4.32. The van der Waals surface area contributed by atoms with E-state index in [0.29, 0.717) is 18.8 Å². The minimum Gasteiger partial charge on any atom is -0.444 e. The highest BCUT2D eigenvalue weighted by atomic mass is 16.6. The number of ether oxygens (including phenoxy) is 1. The highest BCUT2D eigenvalue weighted by Crippen LogP contribution is 2.37. The van der Waals surface area contributed by atoms with E-state index in [1.807, 2.05) is 74.5 Å². The SMILES string of the molecule is CC(C)C[C@H](/C=C/C(C)(C)C(=O)NC1CC(C)(C)N([O])C(C)(C)C1)NC(=O)OC(C)(C)C. The summed E-state index contributed by atoms with van der Waals surface area (Å²) in [6.07, 6.45) is 5.20. The highest BCUT2D eigenvalue weighted by Gasteiger charge is 2.47. The Morgan fingerprint density at radius 2 is 1.56 bits per heavy atom. The van der Waals surface area contributed by atoms with Crippen LogP contribution in [-0.2, 0) is 14.7 Å². The Labute approximate surface area is 195 Å². The normalized spacial score (nSPS) is 20.9. The molecule has 32 heavy (non-hydrogen) atoms. The Kier molecular flexibility index (Phi) is 8.99. The summed E-state index contributed by atoms with van der Waals surface area (Å²) in [6, 6.07) is -0.310. The smallest absolute Gasteiger partial charge is 0.408 e. The van der Waals surface area contributed by atoms with Gasteiger partial charge in [-0.25, -0.2) is 4.79 Å². The molecule has 1 radical (unpaired) electrons. The molecule has 1 heterocycles. The largest absolute Gasteiger partial charge is 0.444 e. The maximum absolute atomic E-state index is 13.1. The van der Waals surface area contributed by atoms with Crippen molar-refractivity contribution in [3.63, 3.8) is 0 Å². The van der Waals surface area contributed by atoms with Crippen LogP contribution in [0.5, 0.6) is 0 Å². The minimum absolute atomic E-state index is 0.0725. The molecule has 1 aliphatic rings. The second kappa shape index (κ2) is 10.1. The van der Waals surface area contributed by atoms with Crippen LogP contribution in [0.3, 0.4) is 0 Å².